The maximum Gasteiger partial charge on any atom is 0.107 e. The number of alkyl halides is 1. The van der Waals surface area contributed by atoms with E-state index in [9.17, 15) is 4.39 Å². The van der Waals surface area contributed by atoms with Crippen molar-refractivity contribution < 1.29 is 4.39 Å². The van der Waals surface area contributed by atoms with Gasteiger partial charge in [-0.15, -0.1) is 0 Å². The summed E-state index contributed by atoms with van der Waals surface area (Å²) in [6.07, 6.45) is 6.42. The van der Waals surface area contributed by atoms with Crippen molar-refractivity contribution in [2.24, 2.45) is 0 Å². The third-order valence-electron chi connectivity index (χ3n) is 2.53. The molecule has 0 aromatic rings. The summed E-state index contributed by atoms with van der Waals surface area (Å²) < 4.78 is 12.5. The molecule has 1 N–H and O–H groups in total. The molecule has 1 aliphatic carbocycles. The Morgan fingerprint density at radius 2 is 1.83 bits per heavy atom. The van der Waals surface area contributed by atoms with E-state index in [4.69, 9.17) is 0 Å². The molecule has 0 atom stereocenters. The summed E-state index contributed by atoms with van der Waals surface area (Å²) in [7, 11) is 0. The van der Waals surface area contributed by atoms with Crippen LogP contribution in [0.25, 0.3) is 0 Å². The lowest BCUT2D eigenvalue weighted by atomic mass is 9.93. The minimum absolute atomic E-state index is 0.274. The van der Waals surface area contributed by atoms with Gasteiger partial charge in [-0.05, 0) is 26.7 Å². The lowest BCUT2D eigenvalue weighted by Gasteiger charge is -2.31. The van der Waals surface area contributed by atoms with E-state index in [0.717, 1.165) is 0 Å². The first kappa shape index (κ1) is 9.97. The molecule has 1 fully saturated rings. The van der Waals surface area contributed by atoms with Crippen LogP contribution >= 0.6 is 0 Å². The van der Waals surface area contributed by atoms with Crippen LogP contribution in [0.3, 0.4) is 0 Å². The quantitative estimate of drug-likeness (QED) is 0.692. The van der Waals surface area contributed by atoms with Gasteiger partial charge in [0.05, 0.1) is 0 Å². The zero-order chi connectivity index (χ0) is 9.03. The van der Waals surface area contributed by atoms with Crippen LogP contribution in [0.1, 0.15) is 46.0 Å². The van der Waals surface area contributed by atoms with Crippen molar-refractivity contribution in [1.29, 1.82) is 0 Å². The SMILES string of the molecule is CC(C)(CF)NC1CCCCC1. The van der Waals surface area contributed by atoms with Crippen molar-refractivity contribution in [2.45, 2.75) is 57.5 Å². The van der Waals surface area contributed by atoms with Crippen LogP contribution in [0.15, 0.2) is 0 Å². The molecular weight excluding hydrogens is 153 g/mol. The van der Waals surface area contributed by atoms with Crippen LogP contribution in [0.2, 0.25) is 0 Å². The molecule has 0 aliphatic heterocycles. The minimum atomic E-state index is -0.317. The molecule has 0 spiro atoms. The Morgan fingerprint density at radius 1 is 1.25 bits per heavy atom. The fourth-order valence-corrected chi connectivity index (χ4v) is 1.84. The Balaban J connectivity index is 2.28. The smallest absolute Gasteiger partial charge is 0.107 e. The second kappa shape index (κ2) is 4.22. The van der Waals surface area contributed by atoms with Gasteiger partial charge in [0.1, 0.15) is 6.67 Å². The highest BCUT2D eigenvalue weighted by molar-refractivity contribution is 4.83. The van der Waals surface area contributed by atoms with Crippen molar-refractivity contribution >= 4 is 0 Å². The van der Waals surface area contributed by atoms with E-state index in [1.807, 2.05) is 13.8 Å². The molecule has 1 saturated carbocycles. The average Bonchev–Trinajstić information content (AvgIpc) is 2.06. The molecule has 0 unspecified atom stereocenters. The number of halogens is 1. The molecule has 72 valence electrons. The van der Waals surface area contributed by atoms with Gasteiger partial charge in [0.25, 0.3) is 0 Å². The summed E-state index contributed by atoms with van der Waals surface area (Å²) in [5, 5.41) is 3.37. The van der Waals surface area contributed by atoms with Gasteiger partial charge in [-0.3, -0.25) is 0 Å². The highest BCUT2D eigenvalue weighted by atomic mass is 19.1. The van der Waals surface area contributed by atoms with Gasteiger partial charge in [-0.1, -0.05) is 19.3 Å². The maximum absolute atomic E-state index is 12.5. The summed E-state index contributed by atoms with van der Waals surface area (Å²) in [6.45, 7) is 3.59. The van der Waals surface area contributed by atoms with Gasteiger partial charge in [0.2, 0.25) is 0 Å². The fourth-order valence-electron chi connectivity index (χ4n) is 1.84. The molecule has 0 aromatic heterocycles. The van der Waals surface area contributed by atoms with Crippen LogP contribution in [-0.4, -0.2) is 18.3 Å². The fraction of sp³-hybridized carbons (Fsp3) is 1.00. The third kappa shape index (κ3) is 3.10. The Kier molecular flexibility index (Phi) is 3.51. The molecule has 0 heterocycles. The predicted molar refractivity (Wildman–Crippen MR) is 50.1 cm³/mol. The van der Waals surface area contributed by atoms with Crippen LogP contribution in [0.4, 0.5) is 4.39 Å². The predicted octanol–water partition coefficient (Wildman–Crippen LogP) is 2.66. The molecule has 12 heavy (non-hydrogen) atoms. The van der Waals surface area contributed by atoms with Gasteiger partial charge >= 0.3 is 0 Å². The number of hydrogen-bond donors (Lipinski definition) is 1. The average molecular weight is 173 g/mol. The second-order valence-electron chi connectivity index (χ2n) is 4.50. The van der Waals surface area contributed by atoms with E-state index in [2.05, 4.69) is 5.32 Å². The van der Waals surface area contributed by atoms with Crippen molar-refractivity contribution in [3.8, 4) is 0 Å². The first-order chi connectivity index (χ1) is 5.64. The lowest BCUT2D eigenvalue weighted by Crippen LogP contribution is -2.48. The van der Waals surface area contributed by atoms with Gasteiger partial charge in [0.15, 0.2) is 0 Å². The Hall–Kier alpha value is -0.110. The van der Waals surface area contributed by atoms with Gasteiger partial charge in [-0.25, -0.2) is 4.39 Å². The van der Waals surface area contributed by atoms with Crippen molar-refractivity contribution in [1.82, 2.24) is 5.32 Å². The molecule has 2 heteroatoms. The van der Waals surface area contributed by atoms with E-state index in [0.29, 0.717) is 6.04 Å². The van der Waals surface area contributed by atoms with Gasteiger partial charge < -0.3 is 5.32 Å². The van der Waals surface area contributed by atoms with E-state index in [-0.39, 0.29) is 12.2 Å². The van der Waals surface area contributed by atoms with Crippen molar-refractivity contribution in [3.63, 3.8) is 0 Å². The zero-order valence-corrected chi connectivity index (χ0v) is 8.20. The molecular formula is C10H20FN. The second-order valence-corrected chi connectivity index (χ2v) is 4.50. The molecule has 1 aliphatic rings. The number of hydrogen-bond acceptors (Lipinski definition) is 1. The van der Waals surface area contributed by atoms with E-state index in [1.165, 1.54) is 32.1 Å². The van der Waals surface area contributed by atoms with Crippen LogP contribution in [0, 0.1) is 0 Å². The summed E-state index contributed by atoms with van der Waals surface area (Å²) in [5.41, 5.74) is -0.317. The number of nitrogens with one attached hydrogen (secondary N) is 1. The van der Waals surface area contributed by atoms with Crippen LogP contribution in [0.5, 0.6) is 0 Å². The normalized spacial score (nSPS) is 21.2. The van der Waals surface area contributed by atoms with Crippen LogP contribution < -0.4 is 5.32 Å². The molecule has 0 bridgehead atoms. The Labute approximate surface area is 74.7 Å². The molecule has 0 saturated heterocycles. The molecule has 1 nitrogen and oxygen atoms in total. The van der Waals surface area contributed by atoms with E-state index in [1.54, 1.807) is 0 Å². The lowest BCUT2D eigenvalue weighted by molar-refractivity contribution is 0.232. The zero-order valence-electron chi connectivity index (χ0n) is 8.20. The summed E-state index contributed by atoms with van der Waals surface area (Å²) in [4.78, 5) is 0. The van der Waals surface area contributed by atoms with E-state index < -0.39 is 0 Å². The third-order valence-corrected chi connectivity index (χ3v) is 2.53. The van der Waals surface area contributed by atoms with Crippen molar-refractivity contribution in [3.05, 3.63) is 0 Å². The molecule has 0 radical (unpaired) electrons. The molecule has 1 rings (SSSR count). The molecule has 0 aromatic carbocycles. The van der Waals surface area contributed by atoms with Gasteiger partial charge in [0, 0.05) is 11.6 Å². The first-order valence-electron chi connectivity index (χ1n) is 4.98. The highest BCUT2D eigenvalue weighted by Gasteiger charge is 2.22. The standard InChI is InChI=1S/C10H20FN/c1-10(2,8-11)12-9-6-4-3-5-7-9/h9,12H,3-8H2,1-2H3. The van der Waals surface area contributed by atoms with Crippen molar-refractivity contribution in [2.75, 3.05) is 6.67 Å². The largest absolute Gasteiger partial charge is 0.307 e. The van der Waals surface area contributed by atoms with Gasteiger partial charge in [-0.2, -0.15) is 0 Å². The summed E-state index contributed by atoms with van der Waals surface area (Å²) in [6, 6.07) is 0.560. The maximum atomic E-state index is 12.5. The van der Waals surface area contributed by atoms with E-state index >= 15 is 0 Å². The Bertz CT molecular complexity index is 128. The number of rotatable bonds is 3. The minimum Gasteiger partial charge on any atom is -0.307 e. The van der Waals surface area contributed by atoms with Crippen LogP contribution in [-0.2, 0) is 0 Å². The topological polar surface area (TPSA) is 12.0 Å². The summed E-state index contributed by atoms with van der Waals surface area (Å²) >= 11 is 0. The monoisotopic (exact) mass is 173 g/mol. The highest BCUT2D eigenvalue weighted by Crippen LogP contribution is 2.19. The Morgan fingerprint density at radius 3 is 2.33 bits per heavy atom. The molecule has 0 amide bonds. The summed E-state index contributed by atoms with van der Waals surface area (Å²) in [5.74, 6) is 0. The first-order valence-corrected chi connectivity index (χ1v) is 4.98.